The maximum absolute atomic E-state index is 6.70. The zero-order valence-corrected chi connectivity index (χ0v) is 14.5. The molecule has 0 amide bonds. The standard InChI is InChI=1S/C17H18BrClO/c1-10-7-11(2)16(12(3)8-10)17(19)13-5-6-15(20-4)14(18)9-13/h5-9,17H,1-4H3. The van der Waals surface area contributed by atoms with E-state index in [-0.39, 0.29) is 5.38 Å². The third kappa shape index (κ3) is 3.02. The molecule has 0 aliphatic rings. The summed E-state index contributed by atoms with van der Waals surface area (Å²) in [5.74, 6) is 0.815. The van der Waals surface area contributed by atoms with E-state index in [1.165, 1.54) is 22.3 Å². The molecule has 3 heteroatoms. The highest BCUT2D eigenvalue weighted by Crippen LogP contribution is 2.37. The molecule has 2 rings (SSSR count). The molecule has 0 aromatic heterocycles. The Hall–Kier alpha value is -0.990. The number of methoxy groups -OCH3 is 1. The van der Waals surface area contributed by atoms with Gasteiger partial charge in [-0.1, -0.05) is 23.8 Å². The van der Waals surface area contributed by atoms with Gasteiger partial charge >= 0.3 is 0 Å². The first-order valence-corrected chi connectivity index (χ1v) is 7.72. The third-order valence-electron chi connectivity index (χ3n) is 3.46. The lowest BCUT2D eigenvalue weighted by Crippen LogP contribution is -2.01. The van der Waals surface area contributed by atoms with Gasteiger partial charge in [-0.25, -0.2) is 0 Å². The fourth-order valence-electron chi connectivity index (χ4n) is 2.60. The number of aryl methyl sites for hydroxylation is 3. The van der Waals surface area contributed by atoms with Gasteiger partial charge in [0.1, 0.15) is 5.75 Å². The van der Waals surface area contributed by atoms with Crippen molar-refractivity contribution in [2.45, 2.75) is 26.1 Å². The van der Waals surface area contributed by atoms with Crippen molar-refractivity contribution < 1.29 is 4.74 Å². The quantitative estimate of drug-likeness (QED) is 0.642. The van der Waals surface area contributed by atoms with Gasteiger partial charge in [0.15, 0.2) is 0 Å². The Balaban J connectivity index is 2.46. The van der Waals surface area contributed by atoms with Gasteiger partial charge in [-0.15, -0.1) is 11.6 Å². The molecular formula is C17H18BrClO. The monoisotopic (exact) mass is 352 g/mol. The lowest BCUT2D eigenvalue weighted by atomic mass is 9.94. The highest BCUT2D eigenvalue weighted by Gasteiger charge is 2.17. The van der Waals surface area contributed by atoms with Crippen molar-refractivity contribution in [1.29, 1.82) is 0 Å². The maximum atomic E-state index is 6.70. The summed E-state index contributed by atoms with van der Waals surface area (Å²) in [6, 6.07) is 10.3. The predicted molar refractivity (Wildman–Crippen MR) is 89.0 cm³/mol. The van der Waals surface area contributed by atoms with E-state index in [0.717, 1.165) is 15.8 Å². The van der Waals surface area contributed by atoms with Crippen LogP contribution in [-0.4, -0.2) is 7.11 Å². The summed E-state index contributed by atoms with van der Waals surface area (Å²) in [4.78, 5) is 0. The van der Waals surface area contributed by atoms with Crippen LogP contribution in [0.1, 0.15) is 33.2 Å². The number of halogens is 2. The first kappa shape index (κ1) is 15.4. The molecule has 1 atom stereocenters. The molecule has 1 unspecified atom stereocenters. The van der Waals surface area contributed by atoms with Crippen molar-refractivity contribution in [1.82, 2.24) is 0 Å². The van der Waals surface area contributed by atoms with Gasteiger partial charge in [0.2, 0.25) is 0 Å². The van der Waals surface area contributed by atoms with E-state index in [1.54, 1.807) is 7.11 Å². The van der Waals surface area contributed by atoms with Gasteiger partial charge in [0.25, 0.3) is 0 Å². The van der Waals surface area contributed by atoms with Gasteiger partial charge in [-0.3, -0.25) is 0 Å². The largest absolute Gasteiger partial charge is 0.496 e. The fraction of sp³-hybridized carbons (Fsp3) is 0.294. The zero-order chi connectivity index (χ0) is 14.9. The van der Waals surface area contributed by atoms with Crippen LogP contribution in [0.5, 0.6) is 5.75 Å². The topological polar surface area (TPSA) is 9.23 Å². The summed E-state index contributed by atoms with van der Waals surface area (Å²) in [6.07, 6.45) is 0. The number of ether oxygens (including phenoxy) is 1. The molecule has 106 valence electrons. The van der Waals surface area contributed by atoms with Crippen LogP contribution in [0, 0.1) is 20.8 Å². The van der Waals surface area contributed by atoms with E-state index in [9.17, 15) is 0 Å². The van der Waals surface area contributed by atoms with Crippen LogP contribution in [-0.2, 0) is 0 Å². The fourth-order valence-corrected chi connectivity index (χ4v) is 3.64. The maximum Gasteiger partial charge on any atom is 0.133 e. The summed E-state index contributed by atoms with van der Waals surface area (Å²) < 4.78 is 6.18. The molecule has 0 spiro atoms. The Bertz CT molecular complexity index is 614. The number of rotatable bonds is 3. The smallest absolute Gasteiger partial charge is 0.133 e. The van der Waals surface area contributed by atoms with Gasteiger partial charge in [0.05, 0.1) is 17.0 Å². The van der Waals surface area contributed by atoms with E-state index in [0.29, 0.717) is 0 Å². The summed E-state index contributed by atoms with van der Waals surface area (Å²) >= 11 is 10.2. The van der Waals surface area contributed by atoms with Crippen molar-refractivity contribution in [2.24, 2.45) is 0 Å². The van der Waals surface area contributed by atoms with Gasteiger partial charge in [0, 0.05) is 0 Å². The van der Waals surface area contributed by atoms with Gasteiger partial charge in [-0.05, 0) is 71.1 Å². The first-order valence-electron chi connectivity index (χ1n) is 6.49. The summed E-state index contributed by atoms with van der Waals surface area (Å²) in [6.45, 7) is 6.34. The molecule has 0 radical (unpaired) electrons. The number of hydrogen-bond acceptors (Lipinski definition) is 1. The summed E-state index contributed by atoms with van der Waals surface area (Å²) in [7, 11) is 1.66. The zero-order valence-electron chi connectivity index (χ0n) is 12.1. The molecule has 0 aliphatic heterocycles. The van der Waals surface area contributed by atoms with Crippen molar-refractivity contribution in [2.75, 3.05) is 7.11 Å². The first-order chi connectivity index (χ1) is 9.43. The van der Waals surface area contributed by atoms with E-state index >= 15 is 0 Å². The highest BCUT2D eigenvalue weighted by molar-refractivity contribution is 9.10. The SMILES string of the molecule is COc1ccc(C(Cl)c2c(C)cc(C)cc2C)cc1Br. The average Bonchev–Trinajstić information content (AvgIpc) is 2.37. The molecule has 2 aromatic carbocycles. The minimum atomic E-state index is -0.155. The minimum absolute atomic E-state index is 0.155. The molecular weight excluding hydrogens is 336 g/mol. The van der Waals surface area contributed by atoms with Crippen molar-refractivity contribution in [3.8, 4) is 5.75 Å². The second-order valence-corrected chi connectivity index (χ2v) is 6.36. The van der Waals surface area contributed by atoms with Crippen LogP contribution in [0.15, 0.2) is 34.8 Å². The van der Waals surface area contributed by atoms with Crippen molar-refractivity contribution in [3.63, 3.8) is 0 Å². The molecule has 0 aliphatic carbocycles. The van der Waals surface area contributed by atoms with Crippen LogP contribution >= 0.6 is 27.5 Å². The Morgan fingerprint density at radius 1 is 1.05 bits per heavy atom. The molecule has 0 saturated heterocycles. The molecule has 0 heterocycles. The van der Waals surface area contributed by atoms with E-state index < -0.39 is 0 Å². The highest BCUT2D eigenvalue weighted by atomic mass is 79.9. The number of hydrogen-bond donors (Lipinski definition) is 0. The Morgan fingerprint density at radius 2 is 1.65 bits per heavy atom. The lowest BCUT2D eigenvalue weighted by molar-refractivity contribution is 0.412. The summed E-state index contributed by atoms with van der Waals surface area (Å²) in [5.41, 5.74) is 5.98. The lowest BCUT2D eigenvalue weighted by Gasteiger charge is -2.18. The van der Waals surface area contributed by atoms with Crippen LogP contribution in [0.3, 0.4) is 0 Å². The van der Waals surface area contributed by atoms with Gasteiger partial charge < -0.3 is 4.74 Å². The normalized spacial score (nSPS) is 12.3. The molecule has 20 heavy (non-hydrogen) atoms. The van der Waals surface area contributed by atoms with E-state index in [1.807, 2.05) is 18.2 Å². The van der Waals surface area contributed by atoms with Crippen molar-refractivity contribution in [3.05, 3.63) is 62.6 Å². The molecule has 0 N–H and O–H groups in total. The van der Waals surface area contributed by atoms with E-state index in [2.05, 4.69) is 48.8 Å². The van der Waals surface area contributed by atoms with Crippen LogP contribution < -0.4 is 4.74 Å². The second kappa shape index (κ2) is 6.19. The van der Waals surface area contributed by atoms with Crippen LogP contribution in [0.25, 0.3) is 0 Å². The minimum Gasteiger partial charge on any atom is -0.496 e. The Morgan fingerprint density at radius 3 is 2.15 bits per heavy atom. The predicted octanol–water partition coefficient (Wildman–Crippen LogP) is 5.71. The second-order valence-electron chi connectivity index (χ2n) is 5.07. The number of alkyl halides is 1. The van der Waals surface area contributed by atoms with Crippen LogP contribution in [0.2, 0.25) is 0 Å². The van der Waals surface area contributed by atoms with Gasteiger partial charge in [-0.2, -0.15) is 0 Å². The molecule has 0 saturated carbocycles. The third-order valence-corrected chi connectivity index (χ3v) is 4.55. The van der Waals surface area contributed by atoms with Crippen molar-refractivity contribution >= 4 is 27.5 Å². The Labute approximate surface area is 134 Å². The summed E-state index contributed by atoms with van der Waals surface area (Å²) in [5, 5.41) is -0.155. The van der Waals surface area contributed by atoms with Crippen LogP contribution in [0.4, 0.5) is 0 Å². The molecule has 2 aromatic rings. The molecule has 1 nitrogen and oxygen atoms in total. The number of benzene rings is 2. The van der Waals surface area contributed by atoms with E-state index in [4.69, 9.17) is 16.3 Å². The molecule has 0 fully saturated rings. The average molecular weight is 354 g/mol. The molecule has 0 bridgehead atoms. The Kier molecular flexibility index (Phi) is 4.77.